The van der Waals surface area contributed by atoms with Crippen molar-refractivity contribution in [1.82, 2.24) is 10.0 Å². The molecule has 0 spiro atoms. The normalized spacial score (nSPS) is 15.8. The van der Waals surface area contributed by atoms with Crippen molar-refractivity contribution in [1.29, 1.82) is 0 Å². The summed E-state index contributed by atoms with van der Waals surface area (Å²) in [4.78, 5) is 31.4. The molecule has 2 heterocycles. The van der Waals surface area contributed by atoms with Crippen LogP contribution >= 0.6 is 23.4 Å². The Labute approximate surface area is 167 Å². The predicted molar refractivity (Wildman–Crippen MR) is 107 cm³/mol. The standard InChI is InChI=1S/C19H22ClN3O3S/c1-11(2)9-26-22-18(24)14-8-23(7-12-3-5-13(20)6-4-12)19(25)16-15(21)10-27-17(14)16/h3-6,8,11,15H,7,9-10,21H2,1-2H3,(H,22,24)/t15-/m0/s1. The van der Waals surface area contributed by atoms with Crippen LogP contribution < -0.4 is 16.8 Å². The van der Waals surface area contributed by atoms with Crippen LogP contribution in [-0.2, 0) is 11.4 Å². The third kappa shape index (κ3) is 4.55. The number of thioether (sulfide) groups is 1. The van der Waals surface area contributed by atoms with E-state index in [1.165, 1.54) is 16.3 Å². The van der Waals surface area contributed by atoms with E-state index in [9.17, 15) is 9.59 Å². The summed E-state index contributed by atoms with van der Waals surface area (Å²) < 4.78 is 1.52. The number of carbonyl (C=O) groups is 1. The molecule has 1 atom stereocenters. The van der Waals surface area contributed by atoms with E-state index in [0.717, 1.165) is 5.56 Å². The first kappa shape index (κ1) is 19.9. The van der Waals surface area contributed by atoms with Gasteiger partial charge in [0, 0.05) is 33.5 Å². The molecule has 1 aliphatic rings. The Bertz CT molecular complexity index is 896. The van der Waals surface area contributed by atoms with Gasteiger partial charge in [-0.25, -0.2) is 5.48 Å². The monoisotopic (exact) mass is 407 g/mol. The zero-order valence-electron chi connectivity index (χ0n) is 15.2. The Balaban J connectivity index is 1.94. The van der Waals surface area contributed by atoms with Crippen molar-refractivity contribution in [2.45, 2.75) is 31.3 Å². The maximum Gasteiger partial charge on any atom is 0.277 e. The molecular formula is C19H22ClN3O3S. The van der Waals surface area contributed by atoms with Gasteiger partial charge in [-0.1, -0.05) is 37.6 Å². The maximum absolute atomic E-state index is 12.9. The van der Waals surface area contributed by atoms with Gasteiger partial charge in [0.25, 0.3) is 11.5 Å². The van der Waals surface area contributed by atoms with Crippen molar-refractivity contribution >= 4 is 29.3 Å². The SMILES string of the molecule is CC(C)CONC(=O)c1cn(Cc2ccc(Cl)cc2)c(=O)c2c1SC[C@@H]2N. The van der Waals surface area contributed by atoms with Crippen LogP contribution in [0.15, 0.2) is 40.2 Å². The summed E-state index contributed by atoms with van der Waals surface area (Å²) in [6.45, 7) is 4.72. The Morgan fingerprint density at radius 3 is 2.78 bits per heavy atom. The number of fused-ring (bicyclic) bond motifs is 1. The first-order valence-electron chi connectivity index (χ1n) is 8.69. The van der Waals surface area contributed by atoms with Gasteiger partial charge in [0.15, 0.2) is 0 Å². The van der Waals surface area contributed by atoms with Crippen molar-refractivity contribution in [2.75, 3.05) is 12.4 Å². The number of hydrogen-bond acceptors (Lipinski definition) is 5. The third-order valence-electron chi connectivity index (χ3n) is 4.14. The van der Waals surface area contributed by atoms with E-state index in [-0.39, 0.29) is 17.4 Å². The first-order valence-corrected chi connectivity index (χ1v) is 10.1. The van der Waals surface area contributed by atoms with Crippen LogP contribution in [0.2, 0.25) is 5.02 Å². The number of benzene rings is 1. The van der Waals surface area contributed by atoms with Crippen LogP contribution in [0.1, 0.15) is 41.4 Å². The molecule has 0 saturated carbocycles. The van der Waals surface area contributed by atoms with Crippen LogP contribution in [0, 0.1) is 5.92 Å². The van der Waals surface area contributed by atoms with Gasteiger partial charge in [0.2, 0.25) is 0 Å². The van der Waals surface area contributed by atoms with Crippen molar-refractivity contribution in [2.24, 2.45) is 11.7 Å². The number of nitrogens with zero attached hydrogens (tertiary/aromatic N) is 1. The number of hydroxylamine groups is 1. The van der Waals surface area contributed by atoms with Crippen LogP contribution in [-0.4, -0.2) is 22.8 Å². The average molecular weight is 408 g/mol. The maximum atomic E-state index is 12.9. The van der Waals surface area contributed by atoms with Gasteiger partial charge < -0.3 is 10.3 Å². The van der Waals surface area contributed by atoms with Gasteiger partial charge in [-0.3, -0.25) is 14.4 Å². The predicted octanol–water partition coefficient (Wildman–Crippen LogP) is 2.97. The highest BCUT2D eigenvalue weighted by atomic mass is 35.5. The molecule has 1 aliphatic heterocycles. The molecule has 1 aromatic heterocycles. The Kier molecular flexibility index (Phi) is 6.26. The molecule has 144 valence electrons. The van der Waals surface area contributed by atoms with Crippen LogP contribution in [0.5, 0.6) is 0 Å². The van der Waals surface area contributed by atoms with E-state index in [1.807, 2.05) is 26.0 Å². The largest absolute Gasteiger partial charge is 0.323 e. The molecule has 8 heteroatoms. The van der Waals surface area contributed by atoms with Gasteiger partial charge >= 0.3 is 0 Å². The average Bonchev–Trinajstić information content (AvgIpc) is 3.01. The number of pyridine rings is 1. The Hall–Kier alpha value is -1.80. The first-order chi connectivity index (χ1) is 12.9. The summed E-state index contributed by atoms with van der Waals surface area (Å²) in [5, 5.41) is 0.626. The van der Waals surface area contributed by atoms with Gasteiger partial charge in [-0.05, 0) is 23.6 Å². The second-order valence-electron chi connectivity index (χ2n) is 6.90. The number of aromatic nitrogens is 1. The number of nitrogens with two attached hydrogens (primary N) is 1. The van der Waals surface area contributed by atoms with Gasteiger partial charge in [-0.15, -0.1) is 11.8 Å². The summed E-state index contributed by atoms with van der Waals surface area (Å²) in [6, 6.07) is 6.84. The highest BCUT2D eigenvalue weighted by Crippen LogP contribution is 2.37. The highest BCUT2D eigenvalue weighted by Gasteiger charge is 2.30. The quantitative estimate of drug-likeness (QED) is 0.719. The van der Waals surface area contributed by atoms with Gasteiger partial charge in [0.05, 0.1) is 18.7 Å². The molecule has 6 nitrogen and oxygen atoms in total. The number of amides is 1. The molecule has 1 aromatic carbocycles. The Morgan fingerprint density at radius 2 is 2.11 bits per heavy atom. The molecule has 27 heavy (non-hydrogen) atoms. The van der Waals surface area contributed by atoms with E-state index in [0.29, 0.717) is 39.9 Å². The van der Waals surface area contributed by atoms with E-state index in [1.54, 1.807) is 18.3 Å². The molecule has 0 fully saturated rings. The van der Waals surface area contributed by atoms with Crippen molar-refractivity contribution in [3.63, 3.8) is 0 Å². The fraction of sp³-hybridized carbons (Fsp3) is 0.368. The number of carbonyl (C=O) groups excluding carboxylic acids is 1. The molecular weight excluding hydrogens is 386 g/mol. The van der Waals surface area contributed by atoms with Gasteiger partial charge in [-0.2, -0.15) is 0 Å². The van der Waals surface area contributed by atoms with E-state index in [2.05, 4.69) is 5.48 Å². The number of hydrogen-bond donors (Lipinski definition) is 2. The highest BCUT2D eigenvalue weighted by molar-refractivity contribution is 7.99. The number of nitrogens with one attached hydrogen (secondary N) is 1. The fourth-order valence-electron chi connectivity index (χ4n) is 2.80. The number of halogens is 1. The second-order valence-corrected chi connectivity index (χ2v) is 8.37. The third-order valence-corrected chi connectivity index (χ3v) is 5.64. The zero-order chi connectivity index (χ0) is 19.6. The number of rotatable bonds is 6. The molecule has 0 aliphatic carbocycles. The molecule has 2 aromatic rings. The molecule has 1 amide bonds. The summed E-state index contributed by atoms with van der Waals surface area (Å²) in [5.41, 5.74) is 10.2. The van der Waals surface area contributed by atoms with Crippen molar-refractivity contribution in [3.05, 3.63) is 62.5 Å². The minimum absolute atomic E-state index is 0.169. The van der Waals surface area contributed by atoms with Crippen LogP contribution in [0.25, 0.3) is 0 Å². The summed E-state index contributed by atoms with van der Waals surface area (Å²) in [5.74, 6) is 0.485. The lowest BCUT2D eigenvalue weighted by Crippen LogP contribution is -2.32. The molecule has 0 radical (unpaired) electrons. The van der Waals surface area contributed by atoms with E-state index in [4.69, 9.17) is 22.2 Å². The van der Waals surface area contributed by atoms with Gasteiger partial charge in [0.1, 0.15) is 0 Å². The zero-order valence-corrected chi connectivity index (χ0v) is 16.8. The van der Waals surface area contributed by atoms with Crippen LogP contribution in [0.3, 0.4) is 0 Å². The second kappa shape index (κ2) is 8.48. The molecule has 0 bridgehead atoms. The minimum atomic E-state index is -0.390. The minimum Gasteiger partial charge on any atom is -0.323 e. The lowest BCUT2D eigenvalue weighted by Gasteiger charge is -2.15. The molecule has 3 N–H and O–H groups in total. The topological polar surface area (TPSA) is 86.3 Å². The van der Waals surface area contributed by atoms with E-state index >= 15 is 0 Å². The lowest BCUT2D eigenvalue weighted by molar-refractivity contribution is 0.0205. The smallest absolute Gasteiger partial charge is 0.277 e. The molecule has 0 unspecified atom stereocenters. The molecule has 3 rings (SSSR count). The lowest BCUT2D eigenvalue weighted by atomic mass is 10.1. The summed E-state index contributed by atoms with van der Waals surface area (Å²) in [7, 11) is 0. The van der Waals surface area contributed by atoms with Crippen molar-refractivity contribution < 1.29 is 9.63 Å². The fourth-order valence-corrected chi connectivity index (χ4v) is 4.14. The van der Waals surface area contributed by atoms with Crippen molar-refractivity contribution in [3.8, 4) is 0 Å². The molecule has 0 saturated heterocycles. The van der Waals surface area contributed by atoms with Crippen LogP contribution in [0.4, 0.5) is 0 Å². The summed E-state index contributed by atoms with van der Waals surface area (Å²) >= 11 is 7.35. The van der Waals surface area contributed by atoms with E-state index < -0.39 is 6.04 Å². The Morgan fingerprint density at radius 1 is 1.41 bits per heavy atom. The summed E-state index contributed by atoms with van der Waals surface area (Å²) in [6.07, 6.45) is 1.58.